The molecule has 4 aromatic rings. The van der Waals surface area contributed by atoms with E-state index in [1.165, 1.54) is 31.4 Å². The Morgan fingerprint density at radius 1 is 1.00 bits per heavy atom. The minimum Gasteiger partial charge on any atom is -0.455 e. The van der Waals surface area contributed by atoms with Gasteiger partial charge in [0, 0.05) is 36.6 Å². The lowest BCUT2D eigenvalue weighted by Gasteiger charge is -2.62. The maximum absolute atomic E-state index is 16.6. The molecule has 38 heavy (non-hydrogen) atoms. The monoisotopic (exact) mass is 514 g/mol. The summed E-state index contributed by atoms with van der Waals surface area (Å²) in [6.07, 6.45) is 4.06. The fourth-order valence-corrected chi connectivity index (χ4v) is 6.26. The molecule has 0 N–H and O–H groups in total. The van der Waals surface area contributed by atoms with Crippen LogP contribution >= 0.6 is 0 Å². The highest BCUT2D eigenvalue weighted by atomic mass is 19.1. The molecule has 2 bridgehead atoms. The van der Waals surface area contributed by atoms with Gasteiger partial charge in [0.25, 0.3) is 0 Å². The second-order valence-corrected chi connectivity index (χ2v) is 10.8. The second kappa shape index (κ2) is 9.28. The van der Waals surface area contributed by atoms with E-state index in [4.69, 9.17) is 9.15 Å². The van der Waals surface area contributed by atoms with E-state index in [0.717, 1.165) is 25.2 Å². The summed E-state index contributed by atoms with van der Waals surface area (Å²) in [6.45, 7) is 1.81. The van der Waals surface area contributed by atoms with Crippen molar-refractivity contribution >= 4 is 22.5 Å². The van der Waals surface area contributed by atoms with Crippen molar-refractivity contribution in [1.82, 2.24) is 0 Å². The van der Waals surface area contributed by atoms with Crippen LogP contribution in [0.5, 0.6) is 0 Å². The molecule has 0 amide bonds. The quantitative estimate of drug-likeness (QED) is 0.212. The highest BCUT2D eigenvalue weighted by molar-refractivity contribution is 6.13. The zero-order chi connectivity index (χ0) is 26.6. The third-order valence-corrected chi connectivity index (χ3v) is 8.18. The SMILES string of the molecule is CCC(=O)c1c(-c2ccc(F)cc2)oc2cc(COC)c(-c3cccc(C(=O)CC45CC(C4)C5)c3)c(F)c12. The molecule has 3 saturated carbocycles. The third kappa shape index (κ3) is 3.99. The van der Waals surface area contributed by atoms with Gasteiger partial charge in [-0.1, -0.05) is 25.1 Å². The lowest BCUT2D eigenvalue weighted by atomic mass is 9.43. The maximum Gasteiger partial charge on any atom is 0.167 e. The molecule has 0 aliphatic heterocycles. The topological polar surface area (TPSA) is 56.5 Å². The summed E-state index contributed by atoms with van der Waals surface area (Å²) in [4.78, 5) is 26.2. The highest BCUT2D eigenvalue weighted by Gasteiger charge is 2.56. The molecule has 0 radical (unpaired) electrons. The molecule has 1 heterocycles. The zero-order valence-electron chi connectivity index (χ0n) is 21.4. The Labute approximate surface area is 219 Å². The Hall–Kier alpha value is -3.64. The van der Waals surface area contributed by atoms with Gasteiger partial charge < -0.3 is 9.15 Å². The Balaban J connectivity index is 1.51. The molecular formula is C32H28F2O4. The number of rotatable bonds is 9. The normalized spacial score (nSPS) is 19.7. The van der Waals surface area contributed by atoms with E-state index < -0.39 is 11.6 Å². The first-order valence-corrected chi connectivity index (χ1v) is 13.0. The molecule has 4 nitrogen and oxygen atoms in total. The minimum atomic E-state index is -0.604. The summed E-state index contributed by atoms with van der Waals surface area (Å²) >= 11 is 0. The third-order valence-electron chi connectivity index (χ3n) is 8.18. The van der Waals surface area contributed by atoms with Crippen molar-refractivity contribution in [2.45, 2.75) is 45.6 Å². The number of ketones is 2. The summed E-state index contributed by atoms with van der Waals surface area (Å²) in [5.41, 5.74) is 2.91. The number of fused-ring (bicyclic) bond motifs is 1. The van der Waals surface area contributed by atoms with E-state index in [0.29, 0.717) is 28.7 Å². The number of ether oxygens (including phenoxy) is 1. The molecule has 0 unspecified atom stereocenters. The molecular weight excluding hydrogens is 486 g/mol. The molecule has 194 valence electrons. The average Bonchev–Trinajstić information content (AvgIpc) is 3.25. The van der Waals surface area contributed by atoms with Gasteiger partial charge in [0.1, 0.15) is 23.0 Å². The van der Waals surface area contributed by atoms with Crippen LogP contribution in [0.2, 0.25) is 0 Å². The van der Waals surface area contributed by atoms with E-state index in [1.807, 2.05) is 0 Å². The molecule has 0 atom stereocenters. The van der Waals surface area contributed by atoms with Crippen molar-refractivity contribution in [2.24, 2.45) is 11.3 Å². The van der Waals surface area contributed by atoms with Crippen LogP contribution in [-0.2, 0) is 11.3 Å². The largest absolute Gasteiger partial charge is 0.455 e. The molecule has 0 spiro atoms. The summed E-state index contributed by atoms with van der Waals surface area (Å²) in [5.74, 6) is -0.242. The van der Waals surface area contributed by atoms with E-state index in [9.17, 15) is 14.0 Å². The van der Waals surface area contributed by atoms with Gasteiger partial charge in [0.05, 0.1) is 17.6 Å². The van der Waals surface area contributed by atoms with Gasteiger partial charge in [0.2, 0.25) is 0 Å². The summed E-state index contributed by atoms with van der Waals surface area (Å²) in [5, 5.41) is 0.0802. The first-order chi connectivity index (χ1) is 18.3. The predicted octanol–water partition coefficient (Wildman–Crippen LogP) is 8.16. The Morgan fingerprint density at radius 3 is 2.37 bits per heavy atom. The van der Waals surface area contributed by atoms with E-state index in [1.54, 1.807) is 37.3 Å². The van der Waals surface area contributed by atoms with Crippen LogP contribution in [0.25, 0.3) is 33.4 Å². The maximum atomic E-state index is 16.6. The van der Waals surface area contributed by atoms with Gasteiger partial charge in [-0.2, -0.15) is 0 Å². The van der Waals surface area contributed by atoms with Gasteiger partial charge in [-0.25, -0.2) is 8.78 Å². The van der Waals surface area contributed by atoms with Crippen molar-refractivity contribution in [2.75, 3.05) is 7.11 Å². The van der Waals surface area contributed by atoms with Gasteiger partial charge in [0.15, 0.2) is 11.6 Å². The molecule has 0 saturated heterocycles. The number of furan rings is 1. The first kappa shape index (κ1) is 24.7. The van der Waals surface area contributed by atoms with Crippen molar-refractivity contribution < 1.29 is 27.5 Å². The molecule has 3 aliphatic carbocycles. The van der Waals surface area contributed by atoms with E-state index in [-0.39, 0.29) is 57.9 Å². The van der Waals surface area contributed by atoms with Crippen LogP contribution in [-0.4, -0.2) is 18.7 Å². The van der Waals surface area contributed by atoms with E-state index in [2.05, 4.69) is 0 Å². The molecule has 3 aromatic carbocycles. The lowest BCUT2D eigenvalue weighted by molar-refractivity contribution is -0.103. The Kier molecular flexibility index (Phi) is 6.03. The van der Waals surface area contributed by atoms with Crippen LogP contribution in [0, 0.1) is 23.0 Å². The smallest absolute Gasteiger partial charge is 0.167 e. The zero-order valence-corrected chi connectivity index (χ0v) is 21.4. The number of hydrogen-bond donors (Lipinski definition) is 0. The van der Waals surface area contributed by atoms with Crippen LogP contribution in [0.1, 0.15) is 65.3 Å². The van der Waals surface area contributed by atoms with Crippen LogP contribution in [0.4, 0.5) is 8.78 Å². The first-order valence-electron chi connectivity index (χ1n) is 13.0. The van der Waals surface area contributed by atoms with Crippen molar-refractivity contribution in [3.63, 3.8) is 0 Å². The number of Topliss-reactive ketones (excluding diaryl/α,β-unsaturated/α-hetero) is 2. The van der Waals surface area contributed by atoms with Gasteiger partial charge in [-0.3, -0.25) is 9.59 Å². The molecule has 6 heteroatoms. The minimum absolute atomic E-state index is 0.0727. The summed E-state index contributed by atoms with van der Waals surface area (Å²) < 4.78 is 41.6. The second-order valence-electron chi connectivity index (χ2n) is 10.8. The fourth-order valence-electron chi connectivity index (χ4n) is 6.26. The fraction of sp³-hybridized carbons (Fsp3) is 0.312. The average molecular weight is 515 g/mol. The van der Waals surface area contributed by atoms with Crippen LogP contribution in [0.3, 0.4) is 0 Å². The molecule has 3 aliphatic rings. The van der Waals surface area contributed by atoms with E-state index >= 15 is 4.39 Å². The number of methoxy groups -OCH3 is 1. The van der Waals surface area contributed by atoms with Crippen molar-refractivity contribution in [3.05, 3.63) is 82.9 Å². The van der Waals surface area contributed by atoms with Gasteiger partial charge in [-0.15, -0.1) is 0 Å². The van der Waals surface area contributed by atoms with Crippen molar-refractivity contribution in [3.8, 4) is 22.5 Å². The number of carbonyl (C=O) groups excluding carboxylic acids is 2. The van der Waals surface area contributed by atoms with Crippen LogP contribution < -0.4 is 0 Å². The Bertz CT molecular complexity index is 1560. The number of benzene rings is 3. The summed E-state index contributed by atoms with van der Waals surface area (Å²) in [7, 11) is 1.52. The molecule has 3 fully saturated rings. The lowest BCUT2D eigenvalue weighted by Crippen LogP contribution is -2.52. The summed E-state index contributed by atoms with van der Waals surface area (Å²) in [6, 6.07) is 14.3. The highest BCUT2D eigenvalue weighted by Crippen LogP contribution is 2.66. The number of carbonyl (C=O) groups is 2. The van der Waals surface area contributed by atoms with Gasteiger partial charge >= 0.3 is 0 Å². The van der Waals surface area contributed by atoms with Crippen LogP contribution in [0.15, 0.2) is 59.0 Å². The molecule has 7 rings (SSSR count). The van der Waals surface area contributed by atoms with Gasteiger partial charge in [-0.05, 0) is 78.1 Å². The number of halogens is 2. The molecule has 1 aromatic heterocycles. The predicted molar refractivity (Wildman–Crippen MR) is 141 cm³/mol. The Morgan fingerprint density at radius 2 is 1.74 bits per heavy atom. The standard InChI is InChI=1S/C32H28F2O4/c1-3-24(35)28-29-26(38-31(28)19-7-9-23(33)10-8-19)12-22(17-37-2)27(30(29)34)21-6-4-5-20(11-21)25(36)16-32-13-18(14-32)15-32/h4-12,18H,3,13-17H2,1-2H3. The van der Waals surface area contributed by atoms with Crippen molar-refractivity contribution in [1.29, 1.82) is 0 Å². The number of hydrogen-bond acceptors (Lipinski definition) is 4.